The zero-order valence-electron chi connectivity index (χ0n) is 11.7. The van der Waals surface area contributed by atoms with Gasteiger partial charge in [-0.2, -0.15) is 0 Å². The number of carbonyl (C=O) groups is 1. The lowest BCUT2D eigenvalue weighted by atomic mass is 10.3. The lowest BCUT2D eigenvalue weighted by molar-refractivity contribution is 0.103. The van der Waals surface area contributed by atoms with Crippen LogP contribution in [0.5, 0.6) is 0 Å². The van der Waals surface area contributed by atoms with Crippen LogP contribution in [0, 0.1) is 0 Å². The molecule has 0 radical (unpaired) electrons. The van der Waals surface area contributed by atoms with Gasteiger partial charge in [-0.1, -0.05) is 29.5 Å². The summed E-state index contributed by atoms with van der Waals surface area (Å²) in [6.45, 7) is 0. The molecular weight excluding hydrogens is 348 g/mol. The molecule has 0 aliphatic rings. The molecule has 0 aliphatic heterocycles. The van der Waals surface area contributed by atoms with Gasteiger partial charge in [0.2, 0.25) is 5.13 Å². The molecule has 0 spiro atoms. The molecule has 4 aromatic rings. The fourth-order valence-electron chi connectivity index (χ4n) is 2.07. The van der Waals surface area contributed by atoms with Crippen LogP contribution in [0.3, 0.4) is 0 Å². The van der Waals surface area contributed by atoms with Crippen LogP contribution in [0.2, 0.25) is 0 Å². The number of para-hydroxylation sites is 1. The van der Waals surface area contributed by atoms with E-state index in [2.05, 4.69) is 26.6 Å². The van der Waals surface area contributed by atoms with Crippen LogP contribution in [0.4, 0.5) is 5.13 Å². The van der Waals surface area contributed by atoms with Gasteiger partial charge in [-0.3, -0.25) is 10.1 Å². The number of nitrogens with one attached hydrogen (secondary N) is 1. The van der Waals surface area contributed by atoms with Gasteiger partial charge in [-0.25, -0.2) is 4.98 Å². The number of hydrogen-bond acceptors (Lipinski definition) is 7. The Morgan fingerprint density at radius 3 is 2.78 bits per heavy atom. The van der Waals surface area contributed by atoms with Crippen molar-refractivity contribution in [1.82, 2.24) is 15.2 Å². The van der Waals surface area contributed by atoms with Crippen molar-refractivity contribution in [2.75, 3.05) is 5.32 Å². The molecule has 0 unspecified atom stereocenters. The molecule has 1 amide bonds. The van der Waals surface area contributed by atoms with Crippen molar-refractivity contribution in [3.05, 3.63) is 56.7 Å². The normalized spacial score (nSPS) is 11.0. The molecule has 1 N–H and O–H groups in total. The topological polar surface area (TPSA) is 67.8 Å². The summed E-state index contributed by atoms with van der Waals surface area (Å²) in [5, 5.41) is 15.2. The van der Waals surface area contributed by atoms with E-state index >= 15 is 0 Å². The highest BCUT2D eigenvalue weighted by atomic mass is 32.1. The molecule has 8 heteroatoms. The summed E-state index contributed by atoms with van der Waals surface area (Å²) in [6, 6.07) is 11.7. The summed E-state index contributed by atoms with van der Waals surface area (Å²) < 4.78 is 1.17. The van der Waals surface area contributed by atoms with Crippen LogP contribution in [0.25, 0.3) is 10.2 Å². The molecule has 4 rings (SSSR count). The molecule has 0 atom stereocenters. The number of amides is 1. The molecule has 0 fully saturated rings. The maximum Gasteiger partial charge on any atom is 0.267 e. The largest absolute Gasteiger partial charge is 0.296 e. The Balaban J connectivity index is 1.48. The van der Waals surface area contributed by atoms with E-state index in [1.165, 1.54) is 27.4 Å². The van der Waals surface area contributed by atoms with Crippen LogP contribution < -0.4 is 5.32 Å². The zero-order chi connectivity index (χ0) is 15.6. The van der Waals surface area contributed by atoms with E-state index in [0.717, 1.165) is 15.5 Å². The maximum absolute atomic E-state index is 12.0. The van der Waals surface area contributed by atoms with Crippen molar-refractivity contribution in [3.63, 3.8) is 0 Å². The second-order valence-electron chi connectivity index (χ2n) is 4.68. The molecule has 3 heterocycles. The molecule has 23 heavy (non-hydrogen) atoms. The predicted molar refractivity (Wildman–Crippen MR) is 94.6 cm³/mol. The highest BCUT2D eigenvalue weighted by Gasteiger charge is 2.12. The van der Waals surface area contributed by atoms with E-state index in [0.29, 0.717) is 16.4 Å². The smallest absolute Gasteiger partial charge is 0.267 e. The summed E-state index contributed by atoms with van der Waals surface area (Å²) >= 11 is 4.43. The van der Waals surface area contributed by atoms with Crippen LogP contribution in [-0.2, 0) is 6.42 Å². The van der Waals surface area contributed by atoms with Crippen LogP contribution in [0.15, 0.2) is 41.8 Å². The van der Waals surface area contributed by atoms with Gasteiger partial charge in [-0.15, -0.1) is 32.9 Å². The second-order valence-corrected chi connectivity index (χ2v) is 7.81. The third-order valence-corrected chi connectivity index (χ3v) is 5.82. The lowest BCUT2D eigenvalue weighted by Gasteiger charge is -1.96. The molecule has 1 aromatic carbocycles. The van der Waals surface area contributed by atoms with Gasteiger partial charge in [0, 0.05) is 0 Å². The number of thiazole rings is 1. The first kappa shape index (κ1) is 14.4. The first-order valence-electron chi connectivity index (χ1n) is 6.79. The molecule has 0 bridgehead atoms. The number of rotatable bonds is 4. The number of hydrogen-bond donors (Lipinski definition) is 1. The van der Waals surface area contributed by atoms with Crippen molar-refractivity contribution >= 4 is 55.3 Å². The summed E-state index contributed by atoms with van der Waals surface area (Å²) in [7, 11) is 0. The fourth-order valence-corrected chi connectivity index (χ4v) is 4.49. The third-order valence-electron chi connectivity index (χ3n) is 3.07. The van der Waals surface area contributed by atoms with Gasteiger partial charge in [0.1, 0.15) is 10.0 Å². The molecule has 0 aliphatic carbocycles. The van der Waals surface area contributed by atoms with Gasteiger partial charge in [-0.05, 0) is 23.6 Å². The summed E-state index contributed by atoms with van der Waals surface area (Å²) in [6.07, 6.45) is 0.631. The molecule has 114 valence electrons. The molecule has 0 saturated heterocycles. The first-order valence-corrected chi connectivity index (χ1v) is 9.31. The average Bonchev–Trinajstić information content (AvgIpc) is 3.27. The van der Waals surface area contributed by atoms with E-state index in [1.54, 1.807) is 17.4 Å². The molecule has 5 nitrogen and oxygen atoms in total. The molecule has 3 aromatic heterocycles. The Labute approximate surface area is 143 Å². The number of anilines is 1. The highest BCUT2D eigenvalue weighted by Crippen LogP contribution is 2.25. The Morgan fingerprint density at radius 2 is 1.96 bits per heavy atom. The number of carbonyl (C=O) groups excluding carboxylic acids is 1. The minimum Gasteiger partial charge on any atom is -0.296 e. The Kier molecular flexibility index (Phi) is 3.86. The number of nitrogens with zero attached hydrogens (tertiary/aromatic N) is 3. The standard InChI is InChI=1S/C15H10N4OS3/c20-14(11-6-3-7-21-11)17-15-19-18-13(23-15)8-12-16-9-4-1-2-5-10(9)22-12/h1-7H,8H2,(H,17,19,20). The highest BCUT2D eigenvalue weighted by molar-refractivity contribution is 7.19. The molecule has 0 saturated carbocycles. The fraction of sp³-hybridized carbons (Fsp3) is 0.0667. The van der Waals surface area contributed by atoms with E-state index < -0.39 is 0 Å². The van der Waals surface area contributed by atoms with Gasteiger partial charge in [0.05, 0.1) is 21.5 Å². The number of aromatic nitrogens is 3. The van der Waals surface area contributed by atoms with Crippen molar-refractivity contribution in [3.8, 4) is 0 Å². The van der Waals surface area contributed by atoms with Crippen molar-refractivity contribution in [2.24, 2.45) is 0 Å². The van der Waals surface area contributed by atoms with Crippen molar-refractivity contribution < 1.29 is 4.79 Å². The van der Waals surface area contributed by atoms with E-state index in [4.69, 9.17) is 0 Å². The van der Waals surface area contributed by atoms with Gasteiger partial charge in [0.25, 0.3) is 5.91 Å². The average molecular weight is 358 g/mol. The minimum absolute atomic E-state index is 0.150. The first-order chi connectivity index (χ1) is 11.3. The third kappa shape index (κ3) is 3.14. The van der Waals surface area contributed by atoms with E-state index in [9.17, 15) is 4.79 Å². The van der Waals surface area contributed by atoms with E-state index in [-0.39, 0.29) is 5.91 Å². The quantitative estimate of drug-likeness (QED) is 0.597. The van der Waals surface area contributed by atoms with Crippen molar-refractivity contribution in [1.29, 1.82) is 0 Å². The predicted octanol–water partition coefficient (Wildman–Crippen LogP) is 4.05. The van der Waals surface area contributed by atoms with Crippen LogP contribution >= 0.6 is 34.0 Å². The summed E-state index contributed by atoms with van der Waals surface area (Å²) in [5.74, 6) is -0.150. The van der Waals surface area contributed by atoms with E-state index in [1.807, 2.05) is 29.6 Å². The Bertz CT molecular complexity index is 925. The van der Waals surface area contributed by atoms with Gasteiger partial charge in [0.15, 0.2) is 0 Å². The molecular formula is C15H10N4OS3. The second kappa shape index (κ2) is 6.15. The Hall–Kier alpha value is -2.16. The van der Waals surface area contributed by atoms with Crippen molar-refractivity contribution in [2.45, 2.75) is 6.42 Å². The summed E-state index contributed by atoms with van der Waals surface area (Å²) in [4.78, 5) is 17.2. The van der Waals surface area contributed by atoms with Crippen LogP contribution in [-0.4, -0.2) is 21.1 Å². The SMILES string of the molecule is O=C(Nc1nnc(Cc2nc3ccccc3s2)s1)c1cccs1. The summed E-state index contributed by atoms with van der Waals surface area (Å²) in [5.41, 5.74) is 1.00. The van der Waals surface area contributed by atoms with Gasteiger partial charge < -0.3 is 0 Å². The maximum atomic E-state index is 12.0. The van der Waals surface area contributed by atoms with Gasteiger partial charge >= 0.3 is 0 Å². The monoisotopic (exact) mass is 358 g/mol. The zero-order valence-corrected chi connectivity index (χ0v) is 14.2. The Morgan fingerprint density at radius 1 is 1.04 bits per heavy atom. The minimum atomic E-state index is -0.150. The number of fused-ring (bicyclic) bond motifs is 1. The lowest BCUT2D eigenvalue weighted by Crippen LogP contribution is -2.09. The number of benzene rings is 1. The number of thiophene rings is 1. The van der Waals surface area contributed by atoms with Crippen LogP contribution in [0.1, 0.15) is 19.7 Å².